The van der Waals surface area contributed by atoms with Gasteiger partial charge >= 0.3 is 6.03 Å². The fourth-order valence-corrected chi connectivity index (χ4v) is 2.58. The maximum absolute atomic E-state index is 13.1. The van der Waals surface area contributed by atoms with Crippen molar-refractivity contribution in [1.82, 2.24) is 5.32 Å². The molecule has 124 valence electrons. The quantitative estimate of drug-likeness (QED) is 0.908. The van der Waals surface area contributed by atoms with Crippen LogP contribution < -0.4 is 15.5 Å². The molecule has 0 spiro atoms. The number of carbonyl (C=O) groups is 2. The number of amides is 3. The van der Waals surface area contributed by atoms with Gasteiger partial charge in [0.1, 0.15) is 17.7 Å². The van der Waals surface area contributed by atoms with Crippen LogP contribution in [0.2, 0.25) is 0 Å². The third-order valence-electron chi connectivity index (χ3n) is 3.73. The van der Waals surface area contributed by atoms with Crippen molar-refractivity contribution in [3.05, 3.63) is 60.2 Å². The lowest BCUT2D eigenvalue weighted by atomic mass is 10.2. The normalized spacial score (nSPS) is 17.0. The summed E-state index contributed by atoms with van der Waals surface area (Å²) < 4.78 is 26.1. The number of nitrogens with one attached hydrogen (secondary N) is 2. The Morgan fingerprint density at radius 3 is 2.54 bits per heavy atom. The predicted molar refractivity (Wildman–Crippen MR) is 85.7 cm³/mol. The lowest BCUT2D eigenvalue weighted by Crippen LogP contribution is -2.43. The number of rotatable bonds is 3. The number of hydrogen-bond acceptors (Lipinski definition) is 2. The second-order valence-electron chi connectivity index (χ2n) is 5.42. The fourth-order valence-electron chi connectivity index (χ4n) is 2.58. The molecule has 5 nitrogen and oxygen atoms in total. The molecule has 1 atom stereocenters. The lowest BCUT2D eigenvalue weighted by molar-refractivity contribution is -0.118. The SMILES string of the molecule is O=C(Nc1cccc(F)c1)N[C@H]1CCN(c2ccc(F)cc2)C1=O. The summed E-state index contributed by atoms with van der Waals surface area (Å²) in [4.78, 5) is 25.8. The third-order valence-corrected chi connectivity index (χ3v) is 3.73. The van der Waals surface area contributed by atoms with Crippen molar-refractivity contribution in [2.45, 2.75) is 12.5 Å². The Kier molecular flexibility index (Phi) is 4.41. The number of anilines is 2. The zero-order valence-electron chi connectivity index (χ0n) is 12.6. The topological polar surface area (TPSA) is 61.4 Å². The molecule has 0 aliphatic carbocycles. The Labute approximate surface area is 137 Å². The van der Waals surface area contributed by atoms with Gasteiger partial charge in [0.25, 0.3) is 0 Å². The summed E-state index contributed by atoms with van der Waals surface area (Å²) >= 11 is 0. The summed E-state index contributed by atoms with van der Waals surface area (Å²) in [5, 5.41) is 5.05. The number of urea groups is 1. The van der Waals surface area contributed by atoms with Crippen LogP contribution in [0.1, 0.15) is 6.42 Å². The summed E-state index contributed by atoms with van der Waals surface area (Å²) in [6.45, 7) is 0.426. The predicted octanol–water partition coefficient (Wildman–Crippen LogP) is 2.89. The van der Waals surface area contributed by atoms with E-state index in [0.717, 1.165) is 0 Å². The molecule has 0 bridgehead atoms. The van der Waals surface area contributed by atoms with Crippen LogP contribution >= 0.6 is 0 Å². The van der Waals surface area contributed by atoms with E-state index in [1.165, 1.54) is 47.4 Å². The molecule has 1 saturated heterocycles. The highest BCUT2D eigenvalue weighted by atomic mass is 19.1. The molecule has 2 aromatic rings. The molecule has 2 N–H and O–H groups in total. The number of benzene rings is 2. The van der Waals surface area contributed by atoms with E-state index in [0.29, 0.717) is 24.3 Å². The Morgan fingerprint density at radius 1 is 1.08 bits per heavy atom. The minimum atomic E-state index is -0.677. The summed E-state index contributed by atoms with van der Waals surface area (Å²) in [6.07, 6.45) is 0.437. The van der Waals surface area contributed by atoms with E-state index in [-0.39, 0.29) is 11.7 Å². The summed E-state index contributed by atoms with van der Waals surface area (Å²) in [5.74, 6) is -1.11. The van der Waals surface area contributed by atoms with Crippen molar-refractivity contribution in [2.24, 2.45) is 0 Å². The van der Waals surface area contributed by atoms with Gasteiger partial charge in [-0.2, -0.15) is 0 Å². The van der Waals surface area contributed by atoms with E-state index in [2.05, 4.69) is 10.6 Å². The van der Waals surface area contributed by atoms with Gasteiger partial charge in [-0.1, -0.05) is 6.07 Å². The van der Waals surface area contributed by atoms with Gasteiger partial charge in [0.2, 0.25) is 5.91 Å². The van der Waals surface area contributed by atoms with Crippen molar-refractivity contribution in [1.29, 1.82) is 0 Å². The number of carbonyl (C=O) groups excluding carboxylic acids is 2. The highest BCUT2D eigenvalue weighted by molar-refractivity contribution is 6.02. The van der Waals surface area contributed by atoms with Crippen LogP contribution in [-0.2, 0) is 4.79 Å². The average molecular weight is 331 g/mol. The molecule has 2 aromatic carbocycles. The van der Waals surface area contributed by atoms with Crippen LogP contribution in [0.15, 0.2) is 48.5 Å². The van der Waals surface area contributed by atoms with Gasteiger partial charge in [-0.05, 0) is 48.9 Å². The van der Waals surface area contributed by atoms with E-state index >= 15 is 0 Å². The highest BCUT2D eigenvalue weighted by Gasteiger charge is 2.33. The number of hydrogen-bond donors (Lipinski definition) is 2. The van der Waals surface area contributed by atoms with E-state index in [1.54, 1.807) is 6.07 Å². The standard InChI is InChI=1S/C17H15F2N3O2/c18-11-4-6-14(7-5-11)22-9-8-15(16(22)23)21-17(24)20-13-3-1-2-12(19)10-13/h1-7,10,15H,8-9H2,(H2,20,21,24)/t15-/m0/s1. The van der Waals surface area contributed by atoms with Gasteiger partial charge in [-0.15, -0.1) is 0 Å². The minimum absolute atomic E-state index is 0.268. The molecule has 24 heavy (non-hydrogen) atoms. The first-order valence-electron chi connectivity index (χ1n) is 7.43. The Morgan fingerprint density at radius 2 is 1.83 bits per heavy atom. The molecule has 7 heteroatoms. The van der Waals surface area contributed by atoms with Gasteiger partial charge in [0.15, 0.2) is 0 Å². The van der Waals surface area contributed by atoms with Gasteiger partial charge in [-0.25, -0.2) is 13.6 Å². The van der Waals surface area contributed by atoms with Crippen LogP contribution in [0.3, 0.4) is 0 Å². The van der Waals surface area contributed by atoms with Gasteiger partial charge in [0, 0.05) is 17.9 Å². The number of halogens is 2. The average Bonchev–Trinajstić information content (AvgIpc) is 2.89. The zero-order chi connectivity index (χ0) is 17.1. The molecular weight excluding hydrogens is 316 g/mol. The first kappa shape index (κ1) is 15.9. The summed E-state index contributed by atoms with van der Waals surface area (Å²) in [6, 6.07) is 9.80. The smallest absolute Gasteiger partial charge is 0.319 e. The van der Waals surface area contributed by atoms with Crippen LogP contribution in [-0.4, -0.2) is 24.5 Å². The van der Waals surface area contributed by atoms with Gasteiger partial charge in [0.05, 0.1) is 0 Å². The van der Waals surface area contributed by atoms with E-state index < -0.39 is 17.9 Å². The molecule has 0 saturated carbocycles. The molecule has 1 fully saturated rings. The monoisotopic (exact) mass is 331 g/mol. The molecule has 1 aliphatic heterocycles. The van der Waals surface area contributed by atoms with Crippen LogP contribution in [0.4, 0.5) is 25.0 Å². The summed E-state index contributed by atoms with van der Waals surface area (Å²) in [5.41, 5.74) is 0.879. The Balaban J connectivity index is 1.61. The maximum Gasteiger partial charge on any atom is 0.319 e. The van der Waals surface area contributed by atoms with E-state index in [1.807, 2.05) is 0 Å². The zero-order valence-corrected chi connectivity index (χ0v) is 12.6. The highest BCUT2D eigenvalue weighted by Crippen LogP contribution is 2.22. The largest absolute Gasteiger partial charge is 0.326 e. The second kappa shape index (κ2) is 6.66. The first-order chi connectivity index (χ1) is 11.5. The van der Waals surface area contributed by atoms with Crippen LogP contribution in [0.25, 0.3) is 0 Å². The van der Waals surface area contributed by atoms with Crippen molar-refractivity contribution in [3.63, 3.8) is 0 Å². The molecule has 3 rings (SSSR count). The summed E-state index contributed by atoms with van der Waals surface area (Å²) in [7, 11) is 0. The van der Waals surface area contributed by atoms with Crippen molar-refractivity contribution in [3.8, 4) is 0 Å². The number of nitrogens with zero attached hydrogens (tertiary/aromatic N) is 1. The van der Waals surface area contributed by atoms with Crippen molar-refractivity contribution in [2.75, 3.05) is 16.8 Å². The fraction of sp³-hybridized carbons (Fsp3) is 0.176. The van der Waals surface area contributed by atoms with Gasteiger partial charge < -0.3 is 15.5 Å². The van der Waals surface area contributed by atoms with E-state index in [4.69, 9.17) is 0 Å². The van der Waals surface area contributed by atoms with Crippen LogP contribution in [0, 0.1) is 11.6 Å². The molecule has 1 aliphatic rings. The molecular formula is C17H15F2N3O2. The molecule has 0 radical (unpaired) electrons. The van der Waals surface area contributed by atoms with Crippen LogP contribution in [0.5, 0.6) is 0 Å². The van der Waals surface area contributed by atoms with Crippen molar-refractivity contribution < 1.29 is 18.4 Å². The Bertz CT molecular complexity index is 765. The minimum Gasteiger partial charge on any atom is -0.326 e. The second-order valence-corrected chi connectivity index (χ2v) is 5.42. The third kappa shape index (κ3) is 3.51. The molecule has 3 amide bonds. The van der Waals surface area contributed by atoms with Crippen molar-refractivity contribution >= 4 is 23.3 Å². The van der Waals surface area contributed by atoms with Gasteiger partial charge in [-0.3, -0.25) is 4.79 Å². The molecule has 0 unspecified atom stereocenters. The molecule has 0 aromatic heterocycles. The van der Waals surface area contributed by atoms with E-state index in [9.17, 15) is 18.4 Å². The lowest BCUT2D eigenvalue weighted by Gasteiger charge is -2.17. The Hall–Kier alpha value is -2.96. The molecule has 1 heterocycles. The maximum atomic E-state index is 13.1. The first-order valence-corrected chi connectivity index (χ1v) is 7.43.